The Bertz CT molecular complexity index is 339. The Morgan fingerprint density at radius 1 is 1.79 bits per heavy atom. The SMILES string of the molecule is CC1(C(=O)O)CCN(c2nccs2)C1. The van der Waals surface area contributed by atoms with Gasteiger partial charge >= 0.3 is 5.97 Å². The highest BCUT2D eigenvalue weighted by atomic mass is 32.1. The van der Waals surface area contributed by atoms with Gasteiger partial charge in [0.2, 0.25) is 0 Å². The largest absolute Gasteiger partial charge is 0.481 e. The van der Waals surface area contributed by atoms with Crippen LogP contribution in [-0.2, 0) is 4.79 Å². The molecule has 0 radical (unpaired) electrons. The van der Waals surface area contributed by atoms with Crippen molar-refractivity contribution < 1.29 is 9.90 Å². The predicted molar refractivity (Wildman–Crippen MR) is 54.7 cm³/mol. The molecule has 1 atom stereocenters. The molecule has 2 heterocycles. The van der Waals surface area contributed by atoms with Crippen LogP contribution in [0.5, 0.6) is 0 Å². The van der Waals surface area contributed by atoms with Crippen molar-refractivity contribution in [1.29, 1.82) is 0 Å². The maximum atomic E-state index is 11.0. The molecule has 0 saturated carbocycles. The van der Waals surface area contributed by atoms with E-state index >= 15 is 0 Å². The Kier molecular flexibility index (Phi) is 2.19. The summed E-state index contributed by atoms with van der Waals surface area (Å²) in [5.41, 5.74) is -0.605. The third kappa shape index (κ3) is 1.48. The van der Waals surface area contributed by atoms with E-state index in [0.29, 0.717) is 13.0 Å². The van der Waals surface area contributed by atoms with E-state index in [9.17, 15) is 4.79 Å². The number of carbonyl (C=O) groups is 1. The summed E-state index contributed by atoms with van der Waals surface area (Å²) in [7, 11) is 0. The van der Waals surface area contributed by atoms with E-state index in [1.807, 2.05) is 10.3 Å². The summed E-state index contributed by atoms with van der Waals surface area (Å²) in [6.45, 7) is 3.15. The highest BCUT2D eigenvalue weighted by Crippen LogP contribution is 2.33. The number of thiazole rings is 1. The van der Waals surface area contributed by atoms with Crippen molar-refractivity contribution in [1.82, 2.24) is 4.98 Å². The molecule has 2 rings (SSSR count). The molecular weight excluding hydrogens is 200 g/mol. The molecule has 0 aliphatic carbocycles. The van der Waals surface area contributed by atoms with Crippen LogP contribution >= 0.6 is 11.3 Å². The van der Waals surface area contributed by atoms with Gasteiger partial charge in [-0.15, -0.1) is 11.3 Å². The van der Waals surface area contributed by atoms with Crippen LogP contribution in [0.15, 0.2) is 11.6 Å². The van der Waals surface area contributed by atoms with Gasteiger partial charge in [-0.3, -0.25) is 4.79 Å². The monoisotopic (exact) mass is 212 g/mol. The maximum absolute atomic E-state index is 11.0. The van der Waals surface area contributed by atoms with E-state index in [2.05, 4.69) is 4.98 Å². The molecule has 1 unspecified atom stereocenters. The molecule has 0 amide bonds. The second-order valence-electron chi connectivity index (χ2n) is 3.85. The molecule has 14 heavy (non-hydrogen) atoms. The minimum atomic E-state index is -0.712. The molecule has 1 saturated heterocycles. The average molecular weight is 212 g/mol. The Hall–Kier alpha value is -1.10. The fourth-order valence-corrected chi connectivity index (χ4v) is 2.34. The van der Waals surface area contributed by atoms with Gasteiger partial charge in [-0.05, 0) is 13.3 Å². The standard InChI is InChI=1S/C9H12N2O2S/c1-9(7(12)13)2-4-11(6-9)8-10-3-5-14-8/h3,5H,2,4,6H2,1H3,(H,12,13). The van der Waals surface area contributed by atoms with Crippen molar-refractivity contribution in [3.05, 3.63) is 11.6 Å². The minimum Gasteiger partial charge on any atom is -0.481 e. The van der Waals surface area contributed by atoms with Crippen LogP contribution in [0, 0.1) is 5.41 Å². The van der Waals surface area contributed by atoms with E-state index in [1.54, 1.807) is 24.5 Å². The van der Waals surface area contributed by atoms with Gasteiger partial charge in [0.25, 0.3) is 0 Å². The first kappa shape index (κ1) is 9.45. The van der Waals surface area contributed by atoms with Gasteiger partial charge in [-0.1, -0.05) is 0 Å². The highest BCUT2D eigenvalue weighted by molar-refractivity contribution is 7.13. The van der Waals surface area contributed by atoms with Crippen molar-refractivity contribution in [2.45, 2.75) is 13.3 Å². The molecule has 1 aliphatic rings. The molecule has 1 N–H and O–H groups in total. The van der Waals surface area contributed by atoms with Gasteiger partial charge in [0.15, 0.2) is 5.13 Å². The predicted octanol–water partition coefficient (Wildman–Crippen LogP) is 1.44. The van der Waals surface area contributed by atoms with E-state index in [1.165, 1.54) is 0 Å². The van der Waals surface area contributed by atoms with E-state index < -0.39 is 11.4 Å². The Balaban J connectivity index is 2.12. The lowest BCUT2D eigenvalue weighted by molar-refractivity contribution is -0.146. The lowest BCUT2D eigenvalue weighted by atomic mass is 9.90. The number of aliphatic carboxylic acids is 1. The van der Waals surface area contributed by atoms with Crippen LogP contribution < -0.4 is 4.90 Å². The Labute approximate surface area is 86.2 Å². The van der Waals surface area contributed by atoms with Crippen molar-refractivity contribution in [3.63, 3.8) is 0 Å². The summed E-state index contributed by atoms with van der Waals surface area (Å²) in [5, 5.41) is 11.9. The molecule has 0 bridgehead atoms. The Morgan fingerprint density at radius 2 is 2.57 bits per heavy atom. The summed E-state index contributed by atoms with van der Waals surface area (Å²) < 4.78 is 0. The second-order valence-corrected chi connectivity index (χ2v) is 4.73. The zero-order chi connectivity index (χ0) is 10.2. The average Bonchev–Trinajstić information content (AvgIpc) is 2.72. The second kappa shape index (κ2) is 3.24. The van der Waals surface area contributed by atoms with Gasteiger partial charge in [0.05, 0.1) is 5.41 Å². The van der Waals surface area contributed by atoms with E-state index in [4.69, 9.17) is 5.11 Å². The zero-order valence-electron chi connectivity index (χ0n) is 7.93. The number of rotatable bonds is 2. The van der Waals surface area contributed by atoms with Crippen LogP contribution in [0.2, 0.25) is 0 Å². The smallest absolute Gasteiger partial charge is 0.311 e. The molecular formula is C9H12N2O2S. The van der Waals surface area contributed by atoms with Crippen LogP contribution in [0.1, 0.15) is 13.3 Å². The number of nitrogens with zero attached hydrogens (tertiary/aromatic N) is 2. The van der Waals surface area contributed by atoms with Crippen molar-refractivity contribution >= 4 is 22.4 Å². The van der Waals surface area contributed by atoms with E-state index in [-0.39, 0.29) is 0 Å². The molecule has 1 aromatic rings. The lowest BCUT2D eigenvalue weighted by Gasteiger charge is -2.19. The summed E-state index contributed by atoms with van der Waals surface area (Å²) in [4.78, 5) is 17.2. The first-order chi connectivity index (χ1) is 6.62. The number of hydrogen-bond acceptors (Lipinski definition) is 4. The number of anilines is 1. The Morgan fingerprint density at radius 3 is 3.07 bits per heavy atom. The fraction of sp³-hybridized carbons (Fsp3) is 0.556. The van der Waals surface area contributed by atoms with Gasteiger partial charge in [-0.25, -0.2) is 4.98 Å². The molecule has 4 nitrogen and oxygen atoms in total. The topological polar surface area (TPSA) is 53.4 Å². The summed E-state index contributed by atoms with van der Waals surface area (Å²) >= 11 is 1.55. The molecule has 76 valence electrons. The molecule has 1 aromatic heterocycles. The molecule has 0 spiro atoms. The van der Waals surface area contributed by atoms with E-state index in [0.717, 1.165) is 11.7 Å². The van der Waals surface area contributed by atoms with Crippen molar-refractivity contribution in [2.75, 3.05) is 18.0 Å². The number of aromatic nitrogens is 1. The van der Waals surface area contributed by atoms with Gasteiger partial charge < -0.3 is 10.0 Å². The third-order valence-electron chi connectivity index (χ3n) is 2.68. The van der Waals surface area contributed by atoms with Crippen molar-refractivity contribution in [2.24, 2.45) is 5.41 Å². The summed E-state index contributed by atoms with van der Waals surface area (Å²) in [6.07, 6.45) is 2.44. The number of carboxylic acids is 1. The number of carboxylic acid groups (broad SMARTS) is 1. The molecule has 0 aromatic carbocycles. The number of hydrogen-bond donors (Lipinski definition) is 1. The normalized spacial score (nSPS) is 26.8. The van der Waals surface area contributed by atoms with Gasteiger partial charge in [-0.2, -0.15) is 0 Å². The van der Waals surface area contributed by atoms with Crippen LogP contribution in [0.4, 0.5) is 5.13 Å². The van der Waals surface area contributed by atoms with Crippen LogP contribution in [0.25, 0.3) is 0 Å². The minimum absolute atomic E-state index is 0.565. The van der Waals surface area contributed by atoms with Crippen molar-refractivity contribution in [3.8, 4) is 0 Å². The van der Waals surface area contributed by atoms with Gasteiger partial charge in [0.1, 0.15) is 0 Å². The van der Waals surface area contributed by atoms with Crippen LogP contribution in [-0.4, -0.2) is 29.1 Å². The first-order valence-corrected chi connectivity index (χ1v) is 5.38. The van der Waals surface area contributed by atoms with Crippen LogP contribution in [0.3, 0.4) is 0 Å². The maximum Gasteiger partial charge on any atom is 0.311 e. The lowest BCUT2D eigenvalue weighted by Crippen LogP contribution is -2.31. The quantitative estimate of drug-likeness (QED) is 0.806. The fourth-order valence-electron chi connectivity index (χ4n) is 1.67. The first-order valence-electron chi connectivity index (χ1n) is 4.50. The molecule has 1 aliphatic heterocycles. The zero-order valence-corrected chi connectivity index (χ0v) is 8.75. The molecule has 1 fully saturated rings. The summed E-state index contributed by atoms with van der Waals surface area (Å²) in [5.74, 6) is -0.712. The third-order valence-corrected chi connectivity index (χ3v) is 3.51. The summed E-state index contributed by atoms with van der Waals surface area (Å²) in [6, 6.07) is 0. The molecule has 5 heteroatoms. The highest BCUT2D eigenvalue weighted by Gasteiger charge is 2.41. The van der Waals surface area contributed by atoms with Gasteiger partial charge in [0, 0.05) is 24.7 Å².